The van der Waals surface area contributed by atoms with Crippen molar-refractivity contribution in [3.63, 3.8) is 0 Å². The van der Waals surface area contributed by atoms with Crippen molar-refractivity contribution in [2.75, 3.05) is 6.61 Å². The summed E-state index contributed by atoms with van der Waals surface area (Å²) in [6.45, 7) is 11.6. The van der Waals surface area contributed by atoms with Gasteiger partial charge in [-0.2, -0.15) is 0 Å². The first-order valence-corrected chi connectivity index (χ1v) is 6.56. The number of hydrogen-bond acceptors (Lipinski definition) is 1. The molecule has 0 rings (SSSR count). The molecule has 1 heteroatoms. The van der Waals surface area contributed by atoms with Crippen molar-refractivity contribution in [3.8, 4) is 0 Å². The molecule has 0 aliphatic rings. The first-order chi connectivity index (χ1) is 6.95. The summed E-state index contributed by atoms with van der Waals surface area (Å²) in [7, 11) is 0. The molecule has 15 heavy (non-hydrogen) atoms. The number of aliphatic hydroxyl groups excluding tert-OH is 1. The third kappa shape index (κ3) is 6.19. The molecular formula is C14H30O. The summed E-state index contributed by atoms with van der Waals surface area (Å²) in [5.74, 6) is 1.26. The molecule has 0 aromatic carbocycles. The molecule has 0 saturated heterocycles. The number of unbranched alkanes of at least 4 members (excludes halogenated alkanes) is 1. The lowest BCUT2D eigenvalue weighted by molar-refractivity contribution is 0.104. The lowest BCUT2D eigenvalue weighted by Crippen LogP contribution is -2.26. The Balaban J connectivity index is 4.12. The fraction of sp³-hybridized carbons (Fsp3) is 1.00. The Morgan fingerprint density at radius 1 is 1.13 bits per heavy atom. The van der Waals surface area contributed by atoms with Gasteiger partial charge in [-0.3, -0.25) is 0 Å². The third-order valence-electron chi connectivity index (χ3n) is 3.61. The minimum Gasteiger partial charge on any atom is -0.396 e. The van der Waals surface area contributed by atoms with Crippen molar-refractivity contribution in [3.05, 3.63) is 0 Å². The summed E-state index contributed by atoms with van der Waals surface area (Å²) in [5.41, 5.74) is 0.244. The topological polar surface area (TPSA) is 20.2 Å². The van der Waals surface area contributed by atoms with Gasteiger partial charge in [0.1, 0.15) is 0 Å². The van der Waals surface area contributed by atoms with Gasteiger partial charge in [0.2, 0.25) is 0 Å². The van der Waals surface area contributed by atoms with Crippen molar-refractivity contribution in [1.82, 2.24) is 0 Å². The second-order valence-corrected chi connectivity index (χ2v) is 5.90. The number of rotatable bonds is 7. The van der Waals surface area contributed by atoms with Crippen LogP contribution < -0.4 is 0 Å². The Morgan fingerprint density at radius 3 is 2.07 bits per heavy atom. The minimum absolute atomic E-state index is 0.244. The highest BCUT2D eigenvalue weighted by molar-refractivity contribution is 4.76. The summed E-state index contributed by atoms with van der Waals surface area (Å²) in [6.07, 6.45) is 6.40. The van der Waals surface area contributed by atoms with Crippen molar-refractivity contribution < 1.29 is 5.11 Å². The van der Waals surface area contributed by atoms with Crippen LogP contribution in [0.2, 0.25) is 0 Å². The van der Waals surface area contributed by atoms with Crippen LogP contribution in [0, 0.1) is 17.3 Å². The van der Waals surface area contributed by atoms with Gasteiger partial charge in [-0.05, 0) is 23.7 Å². The number of aliphatic hydroxyl groups is 1. The average molecular weight is 214 g/mol. The Labute approximate surface area is 96.3 Å². The van der Waals surface area contributed by atoms with Gasteiger partial charge in [0.25, 0.3) is 0 Å². The lowest BCUT2D eigenvalue weighted by Gasteiger charge is -2.32. The Bertz CT molecular complexity index is 146. The van der Waals surface area contributed by atoms with E-state index in [1.807, 2.05) is 0 Å². The zero-order valence-electron chi connectivity index (χ0n) is 11.3. The molecule has 1 N–H and O–H groups in total. The van der Waals surface area contributed by atoms with E-state index >= 15 is 0 Å². The van der Waals surface area contributed by atoms with Gasteiger partial charge in [-0.1, -0.05) is 60.3 Å². The van der Waals surface area contributed by atoms with Crippen LogP contribution in [0.3, 0.4) is 0 Å². The maximum Gasteiger partial charge on any atom is 0.0464 e. The van der Waals surface area contributed by atoms with Crippen LogP contribution in [0.1, 0.15) is 66.7 Å². The first kappa shape index (κ1) is 15.0. The molecule has 0 heterocycles. The summed E-state index contributed by atoms with van der Waals surface area (Å²) >= 11 is 0. The van der Waals surface area contributed by atoms with Crippen LogP contribution in [0.5, 0.6) is 0 Å². The van der Waals surface area contributed by atoms with Crippen molar-refractivity contribution in [2.24, 2.45) is 17.3 Å². The van der Waals surface area contributed by atoms with Crippen molar-refractivity contribution >= 4 is 0 Å². The molecule has 0 aromatic heterocycles. The molecule has 0 spiro atoms. The van der Waals surface area contributed by atoms with E-state index in [1.54, 1.807) is 0 Å². The van der Waals surface area contributed by atoms with Gasteiger partial charge >= 0.3 is 0 Å². The monoisotopic (exact) mass is 214 g/mol. The molecule has 0 fully saturated rings. The zero-order chi connectivity index (χ0) is 11.9. The molecular weight excluding hydrogens is 184 g/mol. The molecule has 92 valence electrons. The normalized spacial score (nSPS) is 16.4. The van der Waals surface area contributed by atoms with Gasteiger partial charge < -0.3 is 5.11 Å². The van der Waals surface area contributed by atoms with E-state index in [-0.39, 0.29) is 5.41 Å². The van der Waals surface area contributed by atoms with E-state index in [9.17, 15) is 5.11 Å². The molecule has 2 atom stereocenters. The van der Waals surface area contributed by atoms with Crippen LogP contribution in [-0.2, 0) is 0 Å². The van der Waals surface area contributed by atoms with Crippen LogP contribution in [0.15, 0.2) is 0 Å². The number of hydrogen-bond donors (Lipinski definition) is 1. The van der Waals surface area contributed by atoms with E-state index in [4.69, 9.17) is 0 Å². The van der Waals surface area contributed by atoms with Gasteiger partial charge in [0.05, 0.1) is 0 Å². The van der Waals surface area contributed by atoms with E-state index in [0.29, 0.717) is 12.5 Å². The van der Waals surface area contributed by atoms with E-state index in [0.717, 1.165) is 5.92 Å². The van der Waals surface area contributed by atoms with Gasteiger partial charge in [0, 0.05) is 6.61 Å². The Morgan fingerprint density at radius 2 is 1.73 bits per heavy atom. The van der Waals surface area contributed by atoms with E-state index < -0.39 is 0 Å². The first-order valence-electron chi connectivity index (χ1n) is 6.56. The minimum atomic E-state index is 0.244. The Hall–Kier alpha value is -0.0400. The summed E-state index contributed by atoms with van der Waals surface area (Å²) in [4.78, 5) is 0. The largest absolute Gasteiger partial charge is 0.396 e. The second-order valence-electron chi connectivity index (χ2n) is 5.90. The van der Waals surface area contributed by atoms with Gasteiger partial charge in [0.15, 0.2) is 0 Å². The standard InChI is InChI=1S/C14H30O/c1-6-8-9-12(7-2)10-13(11-15)14(3,4)5/h12-13,15H,6-11H2,1-5H3. The van der Waals surface area contributed by atoms with Crippen molar-refractivity contribution in [1.29, 1.82) is 0 Å². The van der Waals surface area contributed by atoms with Crippen molar-refractivity contribution in [2.45, 2.75) is 66.7 Å². The molecule has 0 aromatic rings. The molecule has 0 bridgehead atoms. The quantitative estimate of drug-likeness (QED) is 0.672. The summed E-state index contributed by atoms with van der Waals surface area (Å²) in [6, 6.07) is 0. The fourth-order valence-corrected chi connectivity index (χ4v) is 2.09. The summed E-state index contributed by atoms with van der Waals surface area (Å²) in [5, 5.41) is 9.43. The van der Waals surface area contributed by atoms with Gasteiger partial charge in [-0.25, -0.2) is 0 Å². The zero-order valence-corrected chi connectivity index (χ0v) is 11.3. The van der Waals surface area contributed by atoms with E-state index in [1.165, 1.54) is 32.1 Å². The molecule has 2 unspecified atom stereocenters. The highest BCUT2D eigenvalue weighted by Gasteiger charge is 2.26. The maximum atomic E-state index is 9.43. The highest BCUT2D eigenvalue weighted by Crippen LogP contribution is 2.33. The fourth-order valence-electron chi connectivity index (χ4n) is 2.09. The smallest absolute Gasteiger partial charge is 0.0464 e. The molecule has 1 nitrogen and oxygen atoms in total. The van der Waals surface area contributed by atoms with E-state index in [2.05, 4.69) is 34.6 Å². The summed E-state index contributed by atoms with van der Waals surface area (Å²) < 4.78 is 0. The van der Waals surface area contributed by atoms with Crippen LogP contribution in [-0.4, -0.2) is 11.7 Å². The van der Waals surface area contributed by atoms with Crippen LogP contribution in [0.25, 0.3) is 0 Å². The van der Waals surface area contributed by atoms with Gasteiger partial charge in [-0.15, -0.1) is 0 Å². The Kier molecular flexibility index (Phi) is 7.25. The second kappa shape index (κ2) is 7.27. The maximum absolute atomic E-state index is 9.43. The molecule has 0 aliphatic carbocycles. The third-order valence-corrected chi connectivity index (χ3v) is 3.61. The predicted molar refractivity (Wildman–Crippen MR) is 68.0 cm³/mol. The predicted octanol–water partition coefficient (Wildman–Crippen LogP) is 4.25. The SMILES string of the molecule is CCCCC(CC)CC(CO)C(C)(C)C. The molecule has 0 aliphatic heterocycles. The van der Waals surface area contributed by atoms with Crippen LogP contribution >= 0.6 is 0 Å². The van der Waals surface area contributed by atoms with Crippen LogP contribution in [0.4, 0.5) is 0 Å². The average Bonchev–Trinajstić information content (AvgIpc) is 2.16. The molecule has 0 saturated carbocycles. The molecule has 0 radical (unpaired) electrons. The lowest BCUT2D eigenvalue weighted by atomic mass is 9.75. The molecule has 0 amide bonds. The highest BCUT2D eigenvalue weighted by atomic mass is 16.3.